The van der Waals surface area contributed by atoms with Crippen LogP contribution in [-0.4, -0.2) is 21.2 Å². The van der Waals surface area contributed by atoms with Gasteiger partial charge in [-0.3, -0.25) is 14.2 Å². The van der Waals surface area contributed by atoms with E-state index in [1.54, 1.807) is 15.9 Å². The van der Waals surface area contributed by atoms with Crippen LogP contribution < -0.4 is 10.9 Å². The summed E-state index contributed by atoms with van der Waals surface area (Å²) >= 11 is 2.91. The molecule has 2 heterocycles. The van der Waals surface area contributed by atoms with Gasteiger partial charge in [-0.15, -0.1) is 11.3 Å². The minimum absolute atomic E-state index is 0.0429. The van der Waals surface area contributed by atoms with Crippen LogP contribution in [0.15, 0.2) is 64.5 Å². The van der Waals surface area contributed by atoms with Crippen molar-refractivity contribution in [3.63, 3.8) is 0 Å². The van der Waals surface area contributed by atoms with Gasteiger partial charge in [0.15, 0.2) is 5.16 Å². The summed E-state index contributed by atoms with van der Waals surface area (Å²) in [5.41, 5.74) is 3.88. The Balaban J connectivity index is 1.46. The highest BCUT2D eigenvalue weighted by molar-refractivity contribution is 7.99. The van der Waals surface area contributed by atoms with E-state index in [2.05, 4.69) is 12.2 Å². The molecule has 0 saturated heterocycles. The molecule has 0 bridgehead atoms. The Bertz CT molecular complexity index is 1340. The highest BCUT2D eigenvalue weighted by Gasteiger charge is 2.24. The molecule has 162 valence electrons. The van der Waals surface area contributed by atoms with Gasteiger partial charge in [-0.05, 0) is 61.1 Å². The monoisotopic (exact) mass is 461 g/mol. The summed E-state index contributed by atoms with van der Waals surface area (Å²) in [5.74, 6) is 0.0488. The number of nitrogens with one attached hydrogen (secondary N) is 1. The third-order valence-electron chi connectivity index (χ3n) is 5.70. The highest BCUT2D eigenvalue weighted by Crippen LogP contribution is 2.36. The maximum atomic E-state index is 13.6. The Hall–Kier alpha value is -2.90. The first-order valence-corrected chi connectivity index (χ1v) is 12.6. The molecule has 1 aliphatic carbocycles. The second-order valence-corrected chi connectivity index (χ2v) is 9.82. The van der Waals surface area contributed by atoms with Gasteiger partial charge in [0.2, 0.25) is 5.91 Å². The van der Waals surface area contributed by atoms with E-state index >= 15 is 0 Å². The zero-order valence-corrected chi connectivity index (χ0v) is 19.4. The standard InChI is InChI=1S/C25H23N3O2S2/c1-2-16-11-13-17(14-12-16)26-21(29)15-31-25-27-23-22(19-9-6-10-20(19)32-23)24(30)28(25)18-7-4-3-5-8-18/h3-5,7-8,11-14H,2,6,9-10,15H2,1H3,(H,26,29). The summed E-state index contributed by atoms with van der Waals surface area (Å²) < 4.78 is 1.65. The van der Waals surface area contributed by atoms with E-state index in [9.17, 15) is 9.59 Å². The van der Waals surface area contributed by atoms with Gasteiger partial charge >= 0.3 is 0 Å². The number of hydrogen-bond donors (Lipinski definition) is 1. The molecule has 5 rings (SSSR count). The number of thioether (sulfide) groups is 1. The second kappa shape index (κ2) is 8.92. The van der Waals surface area contributed by atoms with Crippen LogP contribution in [-0.2, 0) is 24.1 Å². The molecule has 0 aliphatic heterocycles. The van der Waals surface area contributed by atoms with E-state index in [4.69, 9.17) is 4.98 Å². The Morgan fingerprint density at radius 3 is 2.66 bits per heavy atom. The summed E-state index contributed by atoms with van der Waals surface area (Å²) in [6.07, 6.45) is 4.01. The number of carbonyl (C=O) groups excluding carboxylic acids is 1. The number of aromatic nitrogens is 2. The number of anilines is 1. The molecule has 1 aliphatic rings. The van der Waals surface area contributed by atoms with Gasteiger partial charge < -0.3 is 5.32 Å². The van der Waals surface area contributed by atoms with E-state index in [1.165, 1.54) is 22.2 Å². The number of hydrogen-bond acceptors (Lipinski definition) is 5. The number of amides is 1. The quantitative estimate of drug-likeness (QED) is 0.315. The predicted molar refractivity (Wildman–Crippen MR) is 132 cm³/mol. The Morgan fingerprint density at radius 1 is 1.12 bits per heavy atom. The number of aryl methyl sites for hydroxylation is 3. The number of carbonyl (C=O) groups is 1. The summed E-state index contributed by atoms with van der Waals surface area (Å²) in [4.78, 5) is 33.1. The zero-order chi connectivity index (χ0) is 22.1. The van der Waals surface area contributed by atoms with Crippen molar-refractivity contribution in [2.75, 3.05) is 11.1 Å². The lowest BCUT2D eigenvalue weighted by molar-refractivity contribution is -0.113. The molecule has 4 aromatic rings. The molecule has 7 heteroatoms. The van der Waals surface area contributed by atoms with Crippen LogP contribution in [0, 0.1) is 0 Å². The van der Waals surface area contributed by atoms with Crippen molar-refractivity contribution >= 4 is 44.9 Å². The fourth-order valence-corrected chi connectivity index (χ4v) is 6.19. The largest absolute Gasteiger partial charge is 0.325 e. The van der Waals surface area contributed by atoms with Gasteiger partial charge in [0.05, 0.1) is 16.8 Å². The van der Waals surface area contributed by atoms with E-state index in [0.29, 0.717) is 5.16 Å². The third-order valence-corrected chi connectivity index (χ3v) is 7.83. The summed E-state index contributed by atoms with van der Waals surface area (Å²) in [7, 11) is 0. The summed E-state index contributed by atoms with van der Waals surface area (Å²) in [6, 6.07) is 17.4. The molecule has 0 atom stereocenters. The smallest absolute Gasteiger partial charge is 0.267 e. The first kappa shape index (κ1) is 21.0. The molecule has 2 aromatic heterocycles. The average molecular weight is 462 g/mol. The zero-order valence-electron chi connectivity index (χ0n) is 17.8. The van der Waals surface area contributed by atoms with E-state index in [0.717, 1.165) is 52.8 Å². The number of nitrogens with zero attached hydrogens (tertiary/aromatic N) is 2. The molecule has 2 aromatic carbocycles. The molecule has 5 nitrogen and oxygen atoms in total. The van der Waals surface area contributed by atoms with Gasteiger partial charge in [-0.25, -0.2) is 4.98 Å². The van der Waals surface area contributed by atoms with Crippen LogP contribution in [0.25, 0.3) is 15.9 Å². The molecular formula is C25H23N3O2S2. The highest BCUT2D eigenvalue weighted by atomic mass is 32.2. The van der Waals surface area contributed by atoms with E-state index < -0.39 is 0 Å². The van der Waals surface area contributed by atoms with Gasteiger partial charge in [0, 0.05) is 10.6 Å². The molecular weight excluding hydrogens is 438 g/mol. The average Bonchev–Trinajstić information content (AvgIpc) is 3.40. The van der Waals surface area contributed by atoms with Gasteiger partial charge in [0.25, 0.3) is 5.56 Å². The molecule has 0 spiro atoms. The number of thiophene rings is 1. The van der Waals surface area contributed by atoms with Gasteiger partial charge in [0.1, 0.15) is 4.83 Å². The van der Waals surface area contributed by atoms with Crippen LogP contribution >= 0.6 is 23.1 Å². The van der Waals surface area contributed by atoms with Crippen LogP contribution in [0.5, 0.6) is 0 Å². The van der Waals surface area contributed by atoms with Crippen molar-refractivity contribution in [1.82, 2.24) is 9.55 Å². The van der Waals surface area contributed by atoms with Crippen LogP contribution in [0.2, 0.25) is 0 Å². The molecule has 32 heavy (non-hydrogen) atoms. The fourth-order valence-electron chi connectivity index (χ4n) is 4.08. The maximum absolute atomic E-state index is 13.6. The Kier molecular flexibility index (Phi) is 5.85. The molecule has 0 radical (unpaired) electrons. The van der Waals surface area contributed by atoms with Crippen LogP contribution in [0.1, 0.15) is 29.3 Å². The van der Waals surface area contributed by atoms with Crippen molar-refractivity contribution in [1.29, 1.82) is 0 Å². The van der Waals surface area contributed by atoms with Gasteiger partial charge in [-0.1, -0.05) is 49.0 Å². The van der Waals surface area contributed by atoms with Crippen LogP contribution in [0.4, 0.5) is 5.69 Å². The molecule has 0 unspecified atom stereocenters. The summed E-state index contributed by atoms with van der Waals surface area (Å²) in [5, 5.41) is 4.23. The topological polar surface area (TPSA) is 64.0 Å². The minimum atomic E-state index is -0.123. The lowest BCUT2D eigenvalue weighted by Crippen LogP contribution is -2.23. The van der Waals surface area contributed by atoms with Crippen LogP contribution in [0.3, 0.4) is 0 Å². The normalized spacial score (nSPS) is 12.8. The number of fused-ring (bicyclic) bond motifs is 3. The Labute approximate surface area is 194 Å². The predicted octanol–water partition coefficient (Wildman–Crippen LogP) is 5.23. The van der Waals surface area contributed by atoms with Crippen molar-refractivity contribution in [2.45, 2.75) is 37.8 Å². The lowest BCUT2D eigenvalue weighted by Gasteiger charge is -2.12. The van der Waals surface area contributed by atoms with Gasteiger partial charge in [-0.2, -0.15) is 0 Å². The van der Waals surface area contributed by atoms with E-state index in [-0.39, 0.29) is 17.2 Å². The fraction of sp³-hybridized carbons (Fsp3) is 0.240. The first-order chi connectivity index (χ1) is 15.6. The molecule has 1 N–H and O–H groups in total. The maximum Gasteiger partial charge on any atom is 0.267 e. The Morgan fingerprint density at radius 2 is 1.91 bits per heavy atom. The number of rotatable bonds is 6. The number of para-hydroxylation sites is 1. The molecule has 1 amide bonds. The molecule has 0 saturated carbocycles. The van der Waals surface area contributed by atoms with Crippen molar-refractivity contribution in [3.8, 4) is 5.69 Å². The van der Waals surface area contributed by atoms with Crippen molar-refractivity contribution in [3.05, 3.63) is 81.0 Å². The van der Waals surface area contributed by atoms with E-state index in [1.807, 2.05) is 54.6 Å². The number of benzene rings is 2. The third kappa shape index (κ3) is 3.98. The van der Waals surface area contributed by atoms with Crippen molar-refractivity contribution < 1.29 is 4.79 Å². The first-order valence-electron chi connectivity index (χ1n) is 10.8. The molecule has 0 fully saturated rings. The second-order valence-electron chi connectivity index (χ2n) is 7.80. The minimum Gasteiger partial charge on any atom is -0.325 e. The lowest BCUT2D eigenvalue weighted by atomic mass is 10.1. The van der Waals surface area contributed by atoms with Crippen molar-refractivity contribution in [2.24, 2.45) is 0 Å². The summed E-state index contributed by atoms with van der Waals surface area (Å²) in [6.45, 7) is 2.10. The SMILES string of the molecule is CCc1ccc(NC(=O)CSc2nc3sc4c(c3c(=O)n2-c2ccccc2)CCC4)cc1.